The van der Waals surface area contributed by atoms with E-state index in [1.807, 2.05) is 0 Å². The van der Waals surface area contributed by atoms with Gasteiger partial charge in [0, 0.05) is 0 Å². The van der Waals surface area contributed by atoms with Crippen LogP contribution in [0.1, 0.15) is 25.7 Å². The molecule has 0 spiro atoms. The normalized spacial score (nSPS) is 33.4. The molecule has 1 unspecified atom stereocenters. The van der Waals surface area contributed by atoms with E-state index in [0.29, 0.717) is 25.8 Å². The molecule has 6 nitrogen and oxygen atoms in total. The number of hydrogen-bond donors (Lipinski definition) is 5. The average Bonchev–Trinajstić information content (AvgIpc) is 2.25. The van der Waals surface area contributed by atoms with Gasteiger partial charge in [0.25, 0.3) is 0 Å². The van der Waals surface area contributed by atoms with Crippen LogP contribution in [0, 0.1) is 11.8 Å². The number of carboxylic acid groups (broad SMARTS) is 1. The van der Waals surface area contributed by atoms with Gasteiger partial charge in [-0.3, -0.25) is 4.79 Å². The van der Waals surface area contributed by atoms with Crippen molar-refractivity contribution in [2.75, 3.05) is 6.54 Å². The fourth-order valence-electron chi connectivity index (χ4n) is 2.71. The van der Waals surface area contributed by atoms with Gasteiger partial charge in [0.05, 0.1) is 0 Å². The molecule has 1 saturated carbocycles. The summed E-state index contributed by atoms with van der Waals surface area (Å²) in [7, 11) is -1.34. The molecule has 7 heteroatoms. The van der Waals surface area contributed by atoms with Gasteiger partial charge < -0.3 is 26.6 Å². The number of rotatable bonds is 5. The zero-order chi connectivity index (χ0) is 13.1. The standard InChI is InChI=1S/C10H21BN2O4/c12-6-8-3-7(1-2-11(16)17)4-10(13,5-8)9(14)15/h7-8,16-17H,1-6,12-13H2,(H,14,15)/t7?,8-,10-/m1/s1. The maximum absolute atomic E-state index is 11.2. The molecular weight excluding hydrogens is 223 g/mol. The Morgan fingerprint density at radius 3 is 2.41 bits per heavy atom. The summed E-state index contributed by atoms with van der Waals surface area (Å²) in [6.07, 6.45) is 2.41. The van der Waals surface area contributed by atoms with Crippen LogP contribution in [0.15, 0.2) is 0 Å². The topological polar surface area (TPSA) is 130 Å². The molecular formula is C10H21BN2O4. The monoisotopic (exact) mass is 244 g/mol. The number of carboxylic acids is 1. The maximum atomic E-state index is 11.2. The van der Waals surface area contributed by atoms with E-state index < -0.39 is 18.6 Å². The highest BCUT2D eigenvalue weighted by Crippen LogP contribution is 2.37. The van der Waals surface area contributed by atoms with Gasteiger partial charge in [-0.05, 0) is 44.0 Å². The number of carbonyl (C=O) groups is 1. The Bertz CT molecular complexity index is 277. The van der Waals surface area contributed by atoms with Crippen LogP contribution in [0.5, 0.6) is 0 Å². The van der Waals surface area contributed by atoms with Crippen molar-refractivity contribution >= 4 is 13.1 Å². The zero-order valence-electron chi connectivity index (χ0n) is 9.88. The first-order chi connectivity index (χ1) is 7.87. The van der Waals surface area contributed by atoms with Gasteiger partial charge in [-0.1, -0.05) is 6.42 Å². The second-order valence-corrected chi connectivity index (χ2v) is 5.13. The average molecular weight is 244 g/mol. The van der Waals surface area contributed by atoms with Crippen molar-refractivity contribution < 1.29 is 19.9 Å². The molecule has 0 saturated heterocycles. The smallest absolute Gasteiger partial charge is 0.451 e. The van der Waals surface area contributed by atoms with Crippen LogP contribution in [-0.2, 0) is 4.79 Å². The third-order valence-electron chi connectivity index (χ3n) is 3.56. The first kappa shape index (κ1) is 14.4. The number of aliphatic carboxylic acids is 1. The van der Waals surface area contributed by atoms with Crippen LogP contribution in [-0.4, -0.2) is 40.3 Å². The van der Waals surface area contributed by atoms with Crippen LogP contribution in [0.2, 0.25) is 6.32 Å². The summed E-state index contributed by atoms with van der Waals surface area (Å²) in [4.78, 5) is 11.2. The molecule has 1 aliphatic rings. The van der Waals surface area contributed by atoms with Crippen LogP contribution in [0.4, 0.5) is 0 Å². The van der Waals surface area contributed by atoms with Crippen molar-refractivity contribution in [1.29, 1.82) is 0 Å². The highest BCUT2D eigenvalue weighted by atomic mass is 16.4. The molecule has 1 fully saturated rings. The van der Waals surface area contributed by atoms with E-state index in [9.17, 15) is 4.79 Å². The third-order valence-corrected chi connectivity index (χ3v) is 3.56. The van der Waals surface area contributed by atoms with Crippen molar-refractivity contribution in [1.82, 2.24) is 0 Å². The molecule has 0 aromatic carbocycles. The second kappa shape index (κ2) is 5.81. The Labute approximate surface area is 101 Å². The van der Waals surface area contributed by atoms with Gasteiger partial charge in [-0.2, -0.15) is 0 Å². The lowest BCUT2D eigenvalue weighted by atomic mass is 9.67. The van der Waals surface area contributed by atoms with Gasteiger partial charge >= 0.3 is 13.1 Å². The largest absolute Gasteiger partial charge is 0.480 e. The van der Waals surface area contributed by atoms with E-state index in [2.05, 4.69) is 0 Å². The highest BCUT2D eigenvalue weighted by Gasteiger charge is 2.42. The fraction of sp³-hybridized carbons (Fsp3) is 0.900. The van der Waals surface area contributed by atoms with Crippen molar-refractivity contribution in [2.24, 2.45) is 23.3 Å². The molecule has 1 rings (SSSR count). The minimum Gasteiger partial charge on any atom is -0.480 e. The van der Waals surface area contributed by atoms with E-state index in [-0.39, 0.29) is 18.2 Å². The maximum Gasteiger partial charge on any atom is 0.451 e. The number of nitrogens with two attached hydrogens (primary N) is 2. The molecule has 17 heavy (non-hydrogen) atoms. The van der Waals surface area contributed by atoms with Crippen LogP contribution < -0.4 is 11.5 Å². The highest BCUT2D eigenvalue weighted by molar-refractivity contribution is 6.40. The van der Waals surface area contributed by atoms with Gasteiger partial charge in [0.1, 0.15) is 5.54 Å². The summed E-state index contributed by atoms with van der Waals surface area (Å²) in [6, 6.07) is 0. The minimum atomic E-state index is -1.34. The Morgan fingerprint density at radius 2 is 1.94 bits per heavy atom. The van der Waals surface area contributed by atoms with Gasteiger partial charge in [0.15, 0.2) is 0 Å². The molecule has 0 amide bonds. The van der Waals surface area contributed by atoms with E-state index in [0.717, 1.165) is 6.42 Å². The van der Waals surface area contributed by atoms with Gasteiger partial charge in [-0.15, -0.1) is 0 Å². The van der Waals surface area contributed by atoms with E-state index in [1.165, 1.54) is 0 Å². The quantitative estimate of drug-likeness (QED) is 0.394. The molecule has 0 aromatic rings. The van der Waals surface area contributed by atoms with E-state index in [1.54, 1.807) is 0 Å². The molecule has 0 aliphatic heterocycles. The Morgan fingerprint density at radius 1 is 1.35 bits per heavy atom. The van der Waals surface area contributed by atoms with Crippen LogP contribution >= 0.6 is 0 Å². The predicted octanol–water partition coefficient (Wildman–Crippen LogP) is -0.994. The molecule has 1 aliphatic carbocycles. The molecule has 0 radical (unpaired) electrons. The lowest BCUT2D eigenvalue weighted by Crippen LogP contribution is -2.54. The van der Waals surface area contributed by atoms with Crippen molar-refractivity contribution in [3.8, 4) is 0 Å². The van der Waals surface area contributed by atoms with E-state index >= 15 is 0 Å². The van der Waals surface area contributed by atoms with Gasteiger partial charge in [0.2, 0.25) is 0 Å². The molecule has 0 aromatic heterocycles. The lowest BCUT2D eigenvalue weighted by Gasteiger charge is -2.39. The summed E-state index contributed by atoms with van der Waals surface area (Å²) in [5.41, 5.74) is 10.3. The molecule has 0 bridgehead atoms. The Kier molecular flexibility index (Phi) is 4.94. The fourth-order valence-corrected chi connectivity index (χ4v) is 2.71. The summed E-state index contributed by atoms with van der Waals surface area (Å²) < 4.78 is 0. The first-order valence-corrected chi connectivity index (χ1v) is 5.96. The number of hydrogen-bond acceptors (Lipinski definition) is 5. The zero-order valence-corrected chi connectivity index (χ0v) is 9.88. The summed E-state index contributed by atoms with van der Waals surface area (Å²) in [5.74, 6) is -0.795. The minimum absolute atomic E-state index is 0.0974. The third kappa shape index (κ3) is 3.95. The second-order valence-electron chi connectivity index (χ2n) is 5.13. The summed E-state index contributed by atoms with van der Waals surface area (Å²) in [6.45, 7) is 0.421. The molecule has 7 N–H and O–H groups in total. The Hall–Kier alpha value is -0.625. The molecule has 0 heterocycles. The summed E-state index contributed by atoms with van der Waals surface area (Å²) >= 11 is 0. The SMILES string of the molecule is NC[C@@H]1CC(CCB(O)O)C[C@](N)(C(=O)O)C1. The van der Waals surface area contributed by atoms with Crippen molar-refractivity contribution in [2.45, 2.75) is 37.5 Å². The predicted molar refractivity (Wildman–Crippen MR) is 64.1 cm³/mol. The van der Waals surface area contributed by atoms with E-state index in [4.69, 9.17) is 26.6 Å². The molecule has 98 valence electrons. The van der Waals surface area contributed by atoms with Crippen LogP contribution in [0.3, 0.4) is 0 Å². The lowest BCUT2D eigenvalue weighted by molar-refractivity contribution is -0.146. The summed E-state index contributed by atoms with van der Waals surface area (Å²) in [5, 5.41) is 26.8. The van der Waals surface area contributed by atoms with Crippen LogP contribution in [0.25, 0.3) is 0 Å². The Balaban J connectivity index is 2.63. The van der Waals surface area contributed by atoms with Crippen molar-refractivity contribution in [3.05, 3.63) is 0 Å². The van der Waals surface area contributed by atoms with Gasteiger partial charge in [-0.25, -0.2) is 0 Å². The first-order valence-electron chi connectivity index (χ1n) is 5.96. The molecule has 3 atom stereocenters. The van der Waals surface area contributed by atoms with Crippen molar-refractivity contribution in [3.63, 3.8) is 0 Å².